The lowest BCUT2D eigenvalue weighted by Crippen LogP contribution is -2.57. The Morgan fingerprint density at radius 2 is 2.18 bits per heavy atom. The van der Waals surface area contributed by atoms with Crippen LogP contribution in [-0.4, -0.2) is 47.2 Å². The van der Waals surface area contributed by atoms with Crippen LogP contribution in [0.1, 0.15) is 19.4 Å². The maximum Gasteiger partial charge on any atom is 0.0717 e. The first-order chi connectivity index (χ1) is 8.04. The standard InChI is InChI=1S/C13H21N3O/c1-13(2)10-16(7-6-15(13)3)12-4-5-14-8-11(12)9-17/h4-5,8,17H,6-7,9-10H2,1-3H3. The van der Waals surface area contributed by atoms with E-state index in [4.69, 9.17) is 0 Å². The van der Waals surface area contributed by atoms with E-state index < -0.39 is 0 Å². The summed E-state index contributed by atoms with van der Waals surface area (Å²) in [5, 5.41) is 9.35. The summed E-state index contributed by atoms with van der Waals surface area (Å²) < 4.78 is 0. The largest absolute Gasteiger partial charge is 0.392 e. The fraction of sp³-hybridized carbons (Fsp3) is 0.615. The van der Waals surface area contributed by atoms with Gasteiger partial charge in [0.1, 0.15) is 0 Å². The molecule has 1 aliphatic heterocycles. The summed E-state index contributed by atoms with van der Waals surface area (Å²) in [5.41, 5.74) is 2.19. The van der Waals surface area contributed by atoms with E-state index in [0.29, 0.717) is 0 Å². The Morgan fingerprint density at radius 3 is 2.82 bits per heavy atom. The number of rotatable bonds is 2. The normalized spacial score (nSPS) is 20.6. The quantitative estimate of drug-likeness (QED) is 0.833. The number of aliphatic hydroxyl groups excluding tert-OH is 1. The predicted molar refractivity (Wildman–Crippen MR) is 69.1 cm³/mol. The summed E-state index contributed by atoms with van der Waals surface area (Å²) in [6.45, 7) is 7.56. The Hall–Kier alpha value is -1.13. The summed E-state index contributed by atoms with van der Waals surface area (Å²) >= 11 is 0. The van der Waals surface area contributed by atoms with Gasteiger partial charge in [-0.2, -0.15) is 0 Å². The molecule has 1 aromatic heterocycles. The fourth-order valence-electron chi connectivity index (χ4n) is 2.30. The van der Waals surface area contributed by atoms with Crippen molar-refractivity contribution in [2.75, 3.05) is 31.6 Å². The van der Waals surface area contributed by atoms with Crippen LogP contribution < -0.4 is 4.90 Å². The first-order valence-electron chi connectivity index (χ1n) is 6.04. The van der Waals surface area contributed by atoms with Crippen molar-refractivity contribution in [3.05, 3.63) is 24.0 Å². The highest BCUT2D eigenvalue weighted by atomic mass is 16.3. The summed E-state index contributed by atoms with van der Waals surface area (Å²) in [4.78, 5) is 8.78. The van der Waals surface area contributed by atoms with Gasteiger partial charge in [0.05, 0.1) is 6.61 Å². The Balaban J connectivity index is 2.23. The molecular formula is C13H21N3O. The molecule has 0 amide bonds. The Morgan fingerprint density at radius 1 is 1.41 bits per heavy atom. The van der Waals surface area contributed by atoms with Crippen LogP contribution in [0.5, 0.6) is 0 Å². The zero-order valence-corrected chi connectivity index (χ0v) is 10.8. The SMILES string of the molecule is CN1CCN(c2ccncc2CO)CC1(C)C. The molecule has 0 radical (unpaired) electrons. The van der Waals surface area contributed by atoms with Gasteiger partial charge in [-0.3, -0.25) is 9.88 Å². The van der Waals surface area contributed by atoms with Gasteiger partial charge in [0.15, 0.2) is 0 Å². The fourth-order valence-corrected chi connectivity index (χ4v) is 2.30. The van der Waals surface area contributed by atoms with E-state index in [1.54, 1.807) is 12.4 Å². The molecule has 17 heavy (non-hydrogen) atoms. The van der Waals surface area contributed by atoms with Crippen LogP contribution in [0.15, 0.2) is 18.5 Å². The lowest BCUT2D eigenvalue weighted by Gasteiger charge is -2.46. The van der Waals surface area contributed by atoms with E-state index in [1.165, 1.54) is 0 Å². The van der Waals surface area contributed by atoms with E-state index >= 15 is 0 Å². The van der Waals surface area contributed by atoms with E-state index in [0.717, 1.165) is 30.9 Å². The summed E-state index contributed by atoms with van der Waals surface area (Å²) in [5.74, 6) is 0. The Bertz CT molecular complexity index is 392. The molecule has 0 saturated carbocycles. The third-order valence-corrected chi connectivity index (χ3v) is 3.71. The van der Waals surface area contributed by atoms with Crippen molar-refractivity contribution >= 4 is 5.69 Å². The second-order valence-electron chi connectivity index (χ2n) is 5.32. The lowest BCUT2D eigenvalue weighted by molar-refractivity contribution is 0.138. The van der Waals surface area contributed by atoms with Gasteiger partial charge in [-0.15, -0.1) is 0 Å². The minimum Gasteiger partial charge on any atom is -0.392 e. The third-order valence-electron chi connectivity index (χ3n) is 3.71. The van der Waals surface area contributed by atoms with E-state index in [9.17, 15) is 5.11 Å². The smallest absolute Gasteiger partial charge is 0.0717 e. The van der Waals surface area contributed by atoms with Crippen LogP contribution in [0.2, 0.25) is 0 Å². The zero-order valence-electron chi connectivity index (χ0n) is 10.8. The molecule has 1 aromatic rings. The van der Waals surface area contributed by atoms with Gasteiger partial charge < -0.3 is 10.0 Å². The molecule has 0 aromatic carbocycles. The van der Waals surface area contributed by atoms with Gasteiger partial charge >= 0.3 is 0 Å². The number of pyridine rings is 1. The number of nitrogens with zero attached hydrogens (tertiary/aromatic N) is 3. The average Bonchev–Trinajstić information content (AvgIpc) is 2.32. The molecule has 1 saturated heterocycles. The first kappa shape index (κ1) is 12.3. The molecule has 1 N–H and O–H groups in total. The number of aromatic nitrogens is 1. The molecule has 1 fully saturated rings. The Labute approximate surface area is 103 Å². The van der Waals surface area contributed by atoms with Gasteiger partial charge in [-0.25, -0.2) is 0 Å². The number of anilines is 1. The van der Waals surface area contributed by atoms with Gasteiger partial charge in [0.25, 0.3) is 0 Å². The van der Waals surface area contributed by atoms with Gasteiger partial charge in [0, 0.05) is 48.8 Å². The first-order valence-corrected chi connectivity index (χ1v) is 6.04. The average molecular weight is 235 g/mol. The monoisotopic (exact) mass is 235 g/mol. The molecule has 2 rings (SSSR count). The van der Waals surface area contributed by atoms with E-state index in [-0.39, 0.29) is 12.1 Å². The maximum atomic E-state index is 9.35. The number of aliphatic hydroxyl groups is 1. The molecule has 1 aliphatic rings. The zero-order chi connectivity index (χ0) is 12.5. The summed E-state index contributed by atoms with van der Waals surface area (Å²) in [7, 11) is 2.16. The summed E-state index contributed by atoms with van der Waals surface area (Å²) in [6, 6.07) is 1.99. The molecule has 2 heterocycles. The van der Waals surface area contributed by atoms with E-state index in [1.807, 2.05) is 6.07 Å². The minimum atomic E-state index is 0.0515. The highest BCUT2D eigenvalue weighted by Gasteiger charge is 2.31. The predicted octanol–water partition coefficient (Wildman–Crippen LogP) is 1.10. The van der Waals surface area contributed by atoms with Crippen molar-refractivity contribution in [1.82, 2.24) is 9.88 Å². The van der Waals surface area contributed by atoms with Crippen molar-refractivity contribution in [2.24, 2.45) is 0 Å². The lowest BCUT2D eigenvalue weighted by atomic mass is 9.99. The highest BCUT2D eigenvalue weighted by Crippen LogP contribution is 2.26. The van der Waals surface area contributed by atoms with Crippen LogP contribution in [0.25, 0.3) is 0 Å². The molecule has 0 aliphatic carbocycles. The maximum absolute atomic E-state index is 9.35. The van der Waals surface area contributed by atoms with Gasteiger partial charge in [-0.1, -0.05) is 0 Å². The van der Waals surface area contributed by atoms with Gasteiger partial charge in [-0.05, 0) is 27.0 Å². The van der Waals surface area contributed by atoms with Crippen LogP contribution in [-0.2, 0) is 6.61 Å². The highest BCUT2D eigenvalue weighted by molar-refractivity contribution is 5.52. The summed E-state index contributed by atoms with van der Waals surface area (Å²) in [6.07, 6.45) is 3.54. The van der Waals surface area contributed by atoms with Crippen molar-refractivity contribution in [1.29, 1.82) is 0 Å². The second-order valence-corrected chi connectivity index (χ2v) is 5.32. The molecule has 0 atom stereocenters. The molecule has 0 spiro atoms. The van der Waals surface area contributed by atoms with Gasteiger partial charge in [0.2, 0.25) is 0 Å². The van der Waals surface area contributed by atoms with Crippen LogP contribution in [0.4, 0.5) is 5.69 Å². The Kier molecular flexibility index (Phi) is 3.35. The van der Waals surface area contributed by atoms with E-state index in [2.05, 4.69) is 35.7 Å². The van der Waals surface area contributed by atoms with Crippen LogP contribution in [0.3, 0.4) is 0 Å². The number of hydrogen-bond acceptors (Lipinski definition) is 4. The number of hydrogen-bond donors (Lipinski definition) is 1. The van der Waals surface area contributed by atoms with Crippen molar-refractivity contribution in [3.8, 4) is 0 Å². The number of piperazine rings is 1. The topological polar surface area (TPSA) is 39.6 Å². The second kappa shape index (κ2) is 4.63. The number of likely N-dealkylation sites (N-methyl/N-ethyl adjacent to an activating group) is 1. The molecule has 0 bridgehead atoms. The molecule has 0 unspecified atom stereocenters. The van der Waals surface area contributed by atoms with Crippen LogP contribution >= 0.6 is 0 Å². The van der Waals surface area contributed by atoms with Crippen molar-refractivity contribution in [3.63, 3.8) is 0 Å². The molecular weight excluding hydrogens is 214 g/mol. The molecule has 4 nitrogen and oxygen atoms in total. The van der Waals surface area contributed by atoms with Crippen LogP contribution in [0, 0.1) is 0 Å². The van der Waals surface area contributed by atoms with Crippen molar-refractivity contribution in [2.45, 2.75) is 26.0 Å². The van der Waals surface area contributed by atoms with Crippen molar-refractivity contribution < 1.29 is 5.11 Å². The third kappa shape index (κ3) is 2.42. The minimum absolute atomic E-state index is 0.0515. The molecule has 4 heteroatoms. The molecule has 94 valence electrons.